The van der Waals surface area contributed by atoms with Gasteiger partial charge in [0.1, 0.15) is 0 Å². The second-order valence-corrected chi connectivity index (χ2v) is 7.04. The van der Waals surface area contributed by atoms with E-state index in [1.165, 1.54) is 0 Å². The standard InChI is InChI=1S/C11H19NO4S/c13-11(14)9-4-2-1-3-5-10(9)12-17(15,16)8-6-7-8/h8-10,12H,1-7H2,(H,13,14). The molecule has 0 aromatic heterocycles. The highest BCUT2D eigenvalue weighted by atomic mass is 32.2. The van der Waals surface area contributed by atoms with Crippen LogP contribution in [0.1, 0.15) is 44.9 Å². The monoisotopic (exact) mass is 261 g/mol. The summed E-state index contributed by atoms with van der Waals surface area (Å²) in [6.45, 7) is 0. The Kier molecular flexibility index (Phi) is 3.73. The first-order valence-electron chi connectivity index (χ1n) is 6.24. The summed E-state index contributed by atoms with van der Waals surface area (Å²) >= 11 is 0. The van der Waals surface area contributed by atoms with Gasteiger partial charge in [-0.15, -0.1) is 0 Å². The van der Waals surface area contributed by atoms with Crippen molar-refractivity contribution in [1.82, 2.24) is 4.72 Å². The Morgan fingerprint density at radius 3 is 2.29 bits per heavy atom. The summed E-state index contributed by atoms with van der Waals surface area (Å²) in [4.78, 5) is 11.2. The van der Waals surface area contributed by atoms with Crippen LogP contribution in [0.2, 0.25) is 0 Å². The van der Waals surface area contributed by atoms with Crippen molar-refractivity contribution in [3.63, 3.8) is 0 Å². The number of aliphatic carboxylic acids is 1. The predicted octanol–water partition coefficient (Wildman–Crippen LogP) is 1.10. The maximum absolute atomic E-state index is 11.8. The van der Waals surface area contributed by atoms with Crippen LogP contribution in [0.5, 0.6) is 0 Å². The van der Waals surface area contributed by atoms with Crippen molar-refractivity contribution in [1.29, 1.82) is 0 Å². The lowest BCUT2D eigenvalue weighted by atomic mass is 9.96. The number of rotatable bonds is 4. The molecule has 0 saturated heterocycles. The highest BCUT2D eigenvalue weighted by Gasteiger charge is 2.39. The third-order valence-corrected chi connectivity index (χ3v) is 5.59. The minimum absolute atomic E-state index is 0.278. The van der Waals surface area contributed by atoms with E-state index in [1.54, 1.807) is 0 Å². The molecule has 2 N–H and O–H groups in total. The van der Waals surface area contributed by atoms with Gasteiger partial charge in [0.25, 0.3) is 0 Å². The lowest BCUT2D eigenvalue weighted by molar-refractivity contribution is -0.142. The number of carboxylic acid groups (broad SMARTS) is 1. The fourth-order valence-corrected chi connectivity index (χ4v) is 4.08. The quantitative estimate of drug-likeness (QED) is 0.742. The van der Waals surface area contributed by atoms with Crippen molar-refractivity contribution in [2.45, 2.75) is 56.2 Å². The molecule has 0 heterocycles. The molecule has 2 aliphatic carbocycles. The number of nitrogens with one attached hydrogen (secondary N) is 1. The smallest absolute Gasteiger partial charge is 0.308 e. The van der Waals surface area contributed by atoms with E-state index >= 15 is 0 Å². The van der Waals surface area contributed by atoms with E-state index < -0.39 is 28.0 Å². The maximum atomic E-state index is 11.8. The third-order valence-electron chi connectivity index (χ3n) is 3.61. The third kappa shape index (κ3) is 3.19. The molecule has 0 aromatic carbocycles. The summed E-state index contributed by atoms with van der Waals surface area (Å²) < 4.78 is 26.3. The van der Waals surface area contributed by atoms with Gasteiger partial charge in [0.05, 0.1) is 11.2 Å². The number of carbonyl (C=O) groups is 1. The molecule has 2 rings (SSSR count). The molecule has 2 unspecified atom stereocenters. The highest BCUT2D eigenvalue weighted by molar-refractivity contribution is 7.90. The van der Waals surface area contributed by atoms with E-state index in [-0.39, 0.29) is 5.25 Å². The first kappa shape index (κ1) is 12.8. The van der Waals surface area contributed by atoms with Gasteiger partial charge in [-0.05, 0) is 25.7 Å². The average Bonchev–Trinajstić information content (AvgIpc) is 3.03. The topological polar surface area (TPSA) is 83.5 Å². The summed E-state index contributed by atoms with van der Waals surface area (Å²) in [5.41, 5.74) is 0. The second kappa shape index (κ2) is 4.94. The number of carboxylic acids is 1. The van der Waals surface area contributed by atoms with Crippen LogP contribution in [0.3, 0.4) is 0 Å². The summed E-state index contributed by atoms with van der Waals surface area (Å²) in [5, 5.41) is 8.87. The fourth-order valence-electron chi connectivity index (χ4n) is 2.43. The molecule has 98 valence electrons. The molecule has 2 aliphatic rings. The molecule has 0 aromatic rings. The zero-order valence-electron chi connectivity index (χ0n) is 9.76. The van der Waals surface area contributed by atoms with Crippen LogP contribution in [-0.4, -0.2) is 30.8 Å². The molecule has 5 nitrogen and oxygen atoms in total. The van der Waals surface area contributed by atoms with Gasteiger partial charge in [0.2, 0.25) is 10.0 Å². The Morgan fingerprint density at radius 1 is 1.06 bits per heavy atom. The van der Waals surface area contributed by atoms with Gasteiger partial charge in [0, 0.05) is 6.04 Å². The van der Waals surface area contributed by atoms with Gasteiger partial charge in [-0.2, -0.15) is 0 Å². The zero-order chi connectivity index (χ0) is 12.5. The van der Waals surface area contributed by atoms with Gasteiger partial charge < -0.3 is 5.11 Å². The van der Waals surface area contributed by atoms with Gasteiger partial charge in [-0.1, -0.05) is 19.3 Å². The van der Waals surface area contributed by atoms with Crippen molar-refractivity contribution >= 4 is 16.0 Å². The van der Waals surface area contributed by atoms with Gasteiger partial charge in [-0.3, -0.25) is 4.79 Å². The highest BCUT2D eigenvalue weighted by Crippen LogP contribution is 2.30. The summed E-state index contributed by atoms with van der Waals surface area (Å²) in [7, 11) is -3.28. The molecule has 0 radical (unpaired) electrons. The van der Waals surface area contributed by atoms with Crippen LogP contribution < -0.4 is 4.72 Å². The molecule has 0 amide bonds. The Balaban J connectivity index is 2.07. The largest absolute Gasteiger partial charge is 0.481 e. The van der Waals surface area contributed by atoms with Crippen molar-refractivity contribution in [2.24, 2.45) is 5.92 Å². The summed E-state index contributed by atoms with van der Waals surface area (Å²) in [5.74, 6) is -1.44. The van der Waals surface area contributed by atoms with Crippen LogP contribution in [0.4, 0.5) is 0 Å². The lowest BCUT2D eigenvalue weighted by Crippen LogP contribution is -2.44. The Labute approximate surface area is 102 Å². The van der Waals surface area contributed by atoms with Crippen molar-refractivity contribution < 1.29 is 18.3 Å². The van der Waals surface area contributed by atoms with E-state index in [1.807, 2.05) is 0 Å². The molecule has 0 aliphatic heterocycles. The zero-order valence-corrected chi connectivity index (χ0v) is 10.6. The van der Waals surface area contributed by atoms with E-state index in [2.05, 4.69) is 4.72 Å². The predicted molar refractivity (Wildman–Crippen MR) is 63.1 cm³/mol. The van der Waals surface area contributed by atoms with E-state index in [4.69, 9.17) is 5.11 Å². The minimum atomic E-state index is -3.28. The second-order valence-electron chi connectivity index (χ2n) is 5.05. The lowest BCUT2D eigenvalue weighted by Gasteiger charge is -2.22. The van der Waals surface area contributed by atoms with Gasteiger partial charge in [-0.25, -0.2) is 13.1 Å². The fraction of sp³-hybridized carbons (Fsp3) is 0.909. The number of hydrogen-bond donors (Lipinski definition) is 2. The Morgan fingerprint density at radius 2 is 1.71 bits per heavy atom. The first-order valence-corrected chi connectivity index (χ1v) is 7.79. The molecule has 6 heteroatoms. The van der Waals surface area contributed by atoms with E-state index in [0.29, 0.717) is 25.7 Å². The summed E-state index contributed by atoms with van der Waals surface area (Å²) in [6.07, 6.45) is 5.40. The molecule has 2 fully saturated rings. The van der Waals surface area contributed by atoms with E-state index in [9.17, 15) is 13.2 Å². The van der Waals surface area contributed by atoms with Crippen LogP contribution in [0.25, 0.3) is 0 Å². The molecule has 2 saturated carbocycles. The Hall–Kier alpha value is -0.620. The van der Waals surface area contributed by atoms with Crippen molar-refractivity contribution in [3.05, 3.63) is 0 Å². The van der Waals surface area contributed by atoms with Crippen LogP contribution in [0.15, 0.2) is 0 Å². The van der Waals surface area contributed by atoms with E-state index in [0.717, 1.165) is 19.3 Å². The van der Waals surface area contributed by atoms with Crippen molar-refractivity contribution in [3.8, 4) is 0 Å². The Bertz CT molecular complexity index is 388. The molecule has 17 heavy (non-hydrogen) atoms. The van der Waals surface area contributed by atoms with Crippen LogP contribution in [0, 0.1) is 5.92 Å². The number of sulfonamides is 1. The minimum Gasteiger partial charge on any atom is -0.481 e. The molecular weight excluding hydrogens is 242 g/mol. The van der Waals surface area contributed by atoms with Crippen molar-refractivity contribution in [2.75, 3.05) is 0 Å². The maximum Gasteiger partial charge on any atom is 0.308 e. The molecule has 0 bridgehead atoms. The molecule has 0 spiro atoms. The first-order chi connectivity index (χ1) is 8.00. The van der Waals surface area contributed by atoms with Gasteiger partial charge >= 0.3 is 5.97 Å². The SMILES string of the molecule is O=C(O)C1CCCCCC1NS(=O)(=O)C1CC1. The van der Waals surface area contributed by atoms with Gasteiger partial charge in [0.15, 0.2) is 0 Å². The average molecular weight is 261 g/mol. The molecule has 2 atom stereocenters. The molecular formula is C11H19NO4S. The van der Waals surface area contributed by atoms with Crippen LogP contribution >= 0.6 is 0 Å². The number of hydrogen-bond acceptors (Lipinski definition) is 3. The normalized spacial score (nSPS) is 30.8. The van der Waals surface area contributed by atoms with Crippen LogP contribution in [-0.2, 0) is 14.8 Å². The summed E-state index contributed by atoms with van der Waals surface area (Å²) in [6, 6.07) is -0.416.